The molecule has 0 radical (unpaired) electrons. The highest BCUT2D eigenvalue weighted by atomic mass is 127. The second kappa shape index (κ2) is 13.2. The molecule has 0 aliphatic rings. The molecule has 0 spiro atoms. The summed E-state index contributed by atoms with van der Waals surface area (Å²) in [7, 11) is 7.58. The fraction of sp³-hybridized carbons (Fsp3) is 0.381. The van der Waals surface area contributed by atoms with Crippen LogP contribution in [-0.2, 0) is 0 Å². The van der Waals surface area contributed by atoms with Crippen molar-refractivity contribution < 1.29 is 9.47 Å². The van der Waals surface area contributed by atoms with Gasteiger partial charge in [-0.2, -0.15) is 0 Å². The number of guanidine groups is 1. The summed E-state index contributed by atoms with van der Waals surface area (Å²) in [6.45, 7) is 1.93. The van der Waals surface area contributed by atoms with E-state index in [9.17, 15) is 0 Å². The van der Waals surface area contributed by atoms with Gasteiger partial charge >= 0.3 is 0 Å². The summed E-state index contributed by atoms with van der Waals surface area (Å²) in [5.74, 6) is 2.50. The topological polar surface area (TPSA) is 58.1 Å². The van der Waals surface area contributed by atoms with E-state index in [0.29, 0.717) is 19.7 Å². The standard InChI is InChI=1S/C21H30N4O2.HI/c1-22-21(23-14-15-27-17-10-6-5-7-11-17)24-16-19(25(2)3)18-12-8-9-13-20(18)26-4;/h5-13,19H,14-16H2,1-4H3,(H2,22,23,24);1H. The van der Waals surface area contributed by atoms with Crippen molar-refractivity contribution in [1.82, 2.24) is 15.5 Å². The Hall–Kier alpha value is -2.00. The van der Waals surface area contributed by atoms with Crippen LogP contribution in [0.3, 0.4) is 0 Å². The van der Waals surface area contributed by atoms with Gasteiger partial charge in [0.15, 0.2) is 5.96 Å². The van der Waals surface area contributed by atoms with Gasteiger partial charge in [-0.3, -0.25) is 4.99 Å². The summed E-state index contributed by atoms with van der Waals surface area (Å²) in [6, 6.07) is 18.0. The third kappa shape index (κ3) is 7.55. The average Bonchev–Trinajstić information content (AvgIpc) is 2.70. The van der Waals surface area contributed by atoms with Crippen LogP contribution in [-0.4, -0.2) is 58.8 Å². The normalized spacial score (nSPS) is 12.1. The van der Waals surface area contributed by atoms with Crippen molar-refractivity contribution in [2.45, 2.75) is 6.04 Å². The molecule has 2 rings (SSSR count). The number of halogens is 1. The molecule has 2 N–H and O–H groups in total. The number of nitrogens with one attached hydrogen (secondary N) is 2. The maximum Gasteiger partial charge on any atom is 0.191 e. The van der Waals surface area contributed by atoms with E-state index >= 15 is 0 Å². The number of methoxy groups -OCH3 is 1. The van der Waals surface area contributed by atoms with Gasteiger partial charge in [0, 0.05) is 19.2 Å². The molecule has 1 atom stereocenters. The van der Waals surface area contributed by atoms with Gasteiger partial charge in [0.05, 0.1) is 19.7 Å². The zero-order valence-electron chi connectivity index (χ0n) is 17.0. The lowest BCUT2D eigenvalue weighted by molar-refractivity contribution is 0.287. The Morgan fingerprint density at radius 1 is 1.04 bits per heavy atom. The number of hydrogen-bond donors (Lipinski definition) is 2. The fourth-order valence-electron chi connectivity index (χ4n) is 2.78. The van der Waals surface area contributed by atoms with Gasteiger partial charge in [-0.05, 0) is 32.3 Å². The Morgan fingerprint density at radius 3 is 2.36 bits per heavy atom. The number of hydrogen-bond acceptors (Lipinski definition) is 4. The molecule has 0 aromatic heterocycles. The van der Waals surface area contributed by atoms with Crippen LogP contribution in [0.1, 0.15) is 11.6 Å². The zero-order valence-corrected chi connectivity index (χ0v) is 19.3. The van der Waals surface area contributed by atoms with Crippen LogP contribution in [0.25, 0.3) is 0 Å². The molecule has 0 bridgehead atoms. The van der Waals surface area contributed by atoms with E-state index in [1.54, 1.807) is 14.2 Å². The van der Waals surface area contributed by atoms with E-state index in [2.05, 4.69) is 40.7 Å². The molecule has 154 valence electrons. The quantitative estimate of drug-likeness (QED) is 0.241. The summed E-state index contributed by atoms with van der Waals surface area (Å²) in [5, 5.41) is 6.66. The molecule has 2 aromatic rings. The van der Waals surface area contributed by atoms with Crippen LogP contribution in [0, 0.1) is 0 Å². The second-order valence-electron chi connectivity index (χ2n) is 6.26. The zero-order chi connectivity index (χ0) is 19.5. The third-order valence-electron chi connectivity index (χ3n) is 4.21. The van der Waals surface area contributed by atoms with Crippen LogP contribution in [0.15, 0.2) is 59.6 Å². The molecule has 2 aromatic carbocycles. The van der Waals surface area contributed by atoms with Gasteiger partial charge in [-0.25, -0.2) is 0 Å². The van der Waals surface area contributed by atoms with E-state index in [0.717, 1.165) is 23.0 Å². The van der Waals surface area contributed by atoms with Crippen molar-refractivity contribution in [2.75, 3.05) is 47.9 Å². The molecule has 0 aliphatic carbocycles. The molecule has 0 saturated heterocycles. The molecular weight excluding hydrogens is 467 g/mol. The van der Waals surface area contributed by atoms with Gasteiger partial charge in [-0.15, -0.1) is 24.0 Å². The van der Waals surface area contributed by atoms with Crippen LogP contribution in [0.2, 0.25) is 0 Å². The number of rotatable bonds is 9. The van der Waals surface area contributed by atoms with Gasteiger partial charge < -0.3 is 25.0 Å². The molecule has 0 heterocycles. The number of likely N-dealkylation sites (N-methyl/N-ethyl adjacent to an activating group) is 1. The van der Waals surface area contributed by atoms with Gasteiger partial charge in [0.25, 0.3) is 0 Å². The lowest BCUT2D eigenvalue weighted by atomic mass is 10.0. The molecule has 0 amide bonds. The van der Waals surface area contributed by atoms with E-state index in [4.69, 9.17) is 9.47 Å². The smallest absolute Gasteiger partial charge is 0.191 e. The Morgan fingerprint density at radius 2 is 1.71 bits per heavy atom. The summed E-state index contributed by atoms with van der Waals surface area (Å²) < 4.78 is 11.2. The molecule has 1 unspecified atom stereocenters. The monoisotopic (exact) mass is 498 g/mol. The molecular formula is C21H31IN4O2. The van der Waals surface area contributed by atoms with Crippen molar-refractivity contribution >= 4 is 29.9 Å². The molecule has 0 saturated carbocycles. The average molecular weight is 498 g/mol. The molecule has 0 aliphatic heterocycles. The van der Waals surface area contributed by atoms with Gasteiger partial charge in [-0.1, -0.05) is 36.4 Å². The predicted octanol–water partition coefficient (Wildman–Crippen LogP) is 3.16. The minimum absolute atomic E-state index is 0. The van der Waals surface area contributed by atoms with Crippen molar-refractivity contribution in [3.05, 3.63) is 60.2 Å². The lowest BCUT2D eigenvalue weighted by Crippen LogP contribution is -2.43. The Bertz CT molecular complexity index is 711. The van der Waals surface area contributed by atoms with E-state index in [1.165, 1.54) is 0 Å². The van der Waals surface area contributed by atoms with Crippen molar-refractivity contribution in [2.24, 2.45) is 4.99 Å². The SMILES string of the molecule is CN=C(NCCOc1ccccc1)NCC(c1ccccc1OC)N(C)C.I. The van der Waals surface area contributed by atoms with Crippen LogP contribution in [0.4, 0.5) is 0 Å². The van der Waals surface area contributed by atoms with Crippen LogP contribution >= 0.6 is 24.0 Å². The molecule has 6 nitrogen and oxygen atoms in total. The Kier molecular flexibility index (Phi) is 11.4. The highest BCUT2D eigenvalue weighted by Crippen LogP contribution is 2.27. The second-order valence-corrected chi connectivity index (χ2v) is 6.26. The summed E-state index contributed by atoms with van der Waals surface area (Å²) >= 11 is 0. The minimum Gasteiger partial charge on any atom is -0.496 e. The van der Waals surface area contributed by atoms with E-state index in [1.807, 2.05) is 48.5 Å². The van der Waals surface area contributed by atoms with Gasteiger partial charge in [0.2, 0.25) is 0 Å². The first-order valence-electron chi connectivity index (χ1n) is 9.07. The predicted molar refractivity (Wildman–Crippen MR) is 126 cm³/mol. The molecule has 0 fully saturated rings. The maximum atomic E-state index is 5.69. The fourth-order valence-corrected chi connectivity index (χ4v) is 2.78. The molecule has 7 heteroatoms. The number of ether oxygens (including phenoxy) is 2. The number of para-hydroxylation sites is 2. The first-order valence-corrected chi connectivity index (χ1v) is 9.07. The first kappa shape index (κ1) is 24.0. The van der Waals surface area contributed by atoms with Crippen molar-refractivity contribution in [1.29, 1.82) is 0 Å². The lowest BCUT2D eigenvalue weighted by Gasteiger charge is -2.27. The highest BCUT2D eigenvalue weighted by molar-refractivity contribution is 14.0. The van der Waals surface area contributed by atoms with Crippen LogP contribution < -0.4 is 20.1 Å². The maximum absolute atomic E-state index is 5.69. The van der Waals surface area contributed by atoms with Crippen molar-refractivity contribution in [3.8, 4) is 11.5 Å². The highest BCUT2D eigenvalue weighted by Gasteiger charge is 2.18. The summed E-state index contributed by atoms with van der Waals surface area (Å²) in [4.78, 5) is 6.45. The largest absolute Gasteiger partial charge is 0.496 e. The third-order valence-corrected chi connectivity index (χ3v) is 4.21. The van der Waals surface area contributed by atoms with Crippen LogP contribution in [0.5, 0.6) is 11.5 Å². The Balaban J connectivity index is 0.00000392. The minimum atomic E-state index is 0. The van der Waals surface area contributed by atoms with E-state index < -0.39 is 0 Å². The number of aliphatic imine (C=N–C) groups is 1. The number of nitrogens with zero attached hydrogens (tertiary/aromatic N) is 2. The van der Waals surface area contributed by atoms with Crippen molar-refractivity contribution in [3.63, 3.8) is 0 Å². The molecule has 28 heavy (non-hydrogen) atoms. The first-order chi connectivity index (χ1) is 13.2. The Labute approximate surface area is 185 Å². The summed E-state index contributed by atoms with van der Waals surface area (Å²) in [5.41, 5.74) is 1.14. The number of benzene rings is 2. The van der Waals surface area contributed by atoms with E-state index in [-0.39, 0.29) is 30.0 Å². The summed E-state index contributed by atoms with van der Waals surface area (Å²) in [6.07, 6.45) is 0. The van der Waals surface area contributed by atoms with Gasteiger partial charge in [0.1, 0.15) is 18.1 Å².